The molecule has 0 amide bonds. The average Bonchev–Trinajstić information content (AvgIpc) is 3.28. The van der Waals surface area contributed by atoms with Gasteiger partial charge in [-0.25, -0.2) is 0 Å². The van der Waals surface area contributed by atoms with E-state index in [1.165, 1.54) is 0 Å². The third-order valence-corrected chi connectivity index (χ3v) is 7.23. The highest BCUT2D eigenvalue weighted by Gasteiger charge is 2.26. The largest absolute Gasteiger partial charge is 0.351 e. The van der Waals surface area contributed by atoms with E-state index in [-0.39, 0.29) is 11.6 Å². The van der Waals surface area contributed by atoms with Crippen LogP contribution in [0.3, 0.4) is 0 Å². The molecule has 1 aliphatic heterocycles. The first kappa shape index (κ1) is 26.0. The topological polar surface area (TPSA) is 94.0 Å². The third-order valence-electron chi connectivity index (χ3n) is 7.23. The second-order valence-corrected chi connectivity index (χ2v) is 10.8. The van der Waals surface area contributed by atoms with Crippen molar-refractivity contribution in [2.75, 3.05) is 23.3 Å². The summed E-state index contributed by atoms with van der Waals surface area (Å²) in [5.74, 6) is 1.92. The van der Waals surface area contributed by atoms with E-state index >= 15 is 0 Å². The minimum atomic E-state index is -0.0506. The zero-order valence-electron chi connectivity index (χ0n) is 22.5. The molecule has 1 saturated heterocycles. The van der Waals surface area contributed by atoms with Gasteiger partial charge in [0, 0.05) is 32.2 Å². The lowest BCUT2D eigenvalue weighted by atomic mass is 10.1. The second-order valence-electron chi connectivity index (χ2n) is 10.8. The lowest BCUT2D eigenvalue weighted by molar-refractivity contribution is 0.495. The third kappa shape index (κ3) is 5.91. The Kier molecular flexibility index (Phi) is 8.08. The van der Waals surface area contributed by atoms with E-state index in [9.17, 15) is 4.79 Å². The Labute approximate surface area is 224 Å². The number of fused-ring (bicyclic) bond motifs is 1. The number of aromatic nitrogens is 4. The molecule has 200 valence electrons. The summed E-state index contributed by atoms with van der Waals surface area (Å²) < 4.78 is 3.86. The second kappa shape index (κ2) is 11.8. The first-order valence-electron chi connectivity index (χ1n) is 13.8. The minimum Gasteiger partial charge on any atom is -0.351 e. The predicted molar refractivity (Wildman–Crippen MR) is 155 cm³/mol. The van der Waals surface area contributed by atoms with Gasteiger partial charge in [0.25, 0.3) is 5.56 Å². The summed E-state index contributed by atoms with van der Waals surface area (Å²) in [6.45, 7) is 7.76. The Balaban J connectivity index is 1.60. The van der Waals surface area contributed by atoms with Crippen molar-refractivity contribution in [2.24, 2.45) is 11.7 Å². The number of nitrogens with one attached hydrogen (secondary N) is 1. The van der Waals surface area contributed by atoms with Crippen molar-refractivity contribution in [1.82, 2.24) is 19.1 Å². The SMILES string of the molecule is CC(C)CCCn1c(NCc2ccccc2)nc2nc(N3CCCC(N)C3)n(Cc3ccccc3)c2c1=O. The molecule has 4 aromatic rings. The molecule has 0 spiro atoms. The predicted octanol–water partition coefficient (Wildman–Crippen LogP) is 4.62. The van der Waals surface area contributed by atoms with Crippen LogP contribution in [0.2, 0.25) is 0 Å². The summed E-state index contributed by atoms with van der Waals surface area (Å²) in [5.41, 5.74) is 9.58. The maximum Gasteiger partial charge on any atom is 0.281 e. The van der Waals surface area contributed by atoms with E-state index in [0.717, 1.165) is 55.8 Å². The molecule has 38 heavy (non-hydrogen) atoms. The molecule has 8 heteroatoms. The summed E-state index contributed by atoms with van der Waals surface area (Å²) >= 11 is 0. The van der Waals surface area contributed by atoms with Crippen molar-refractivity contribution in [3.05, 3.63) is 82.1 Å². The maximum atomic E-state index is 14.2. The molecule has 2 aromatic carbocycles. The van der Waals surface area contributed by atoms with E-state index in [4.69, 9.17) is 15.7 Å². The molecule has 1 fully saturated rings. The van der Waals surface area contributed by atoms with Crippen molar-refractivity contribution >= 4 is 23.1 Å². The van der Waals surface area contributed by atoms with Gasteiger partial charge in [0.2, 0.25) is 11.9 Å². The normalized spacial score (nSPS) is 15.9. The molecular weight excluding hydrogens is 474 g/mol. The monoisotopic (exact) mass is 513 g/mol. The number of imidazole rings is 1. The molecule has 2 aromatic heterocycles. The van der Waals surface area contributed by atoms with Gasteiger partial charge < -0.3 is 16.0 Å². The quantitative estimate of drug-likeness (QED) is 0.321. The fraction of sp³-hybridized carbons (Fsp3) is 0.433. The standard InChI is InChI=1S/C30H39N7O/c1-22(2)11-9-18-36-28(38)26-27(33-29(36)32-19-23-12-5-3-6-13-23)34-30(35-17-10-16-25(31)21-35)37(26)20-24-14-7-4-8-15-24/h3-8,12-15,22,25H,9-11,16-21,31H2,1-2H3,(H,32,33). The molecule has 3 N–H and O–H groups in total. The number of hydrogen-bond donors (Lipinski definition) is 2. The van der Waals surface area contributed by atoms with Gasteiger partial charge in [-0.05, 0) is 42.7 Å². The summed E-state index contributed by atoms with van der Waals surface area (Å²) in [4.78, 5) is 26.3. The van der Waals surface area contributed by atoms with Gasteiger partial charge in [0.1, 0.15) is 0 Å². The Morgan fingerprint density at radius 3 is 2.39 bits per heavy atom. The van der Waals surface area contributed by atoms with Crippen LogP contribution in [0, 0.1) is 5.92 Å². The van der Waals surface area contributed by atoms with Gasteiger partial charge in [-0.3, -0.25) is 13.9 Å². The van der Waals surface area contributed by atoms with Gasteiger partial charge in [0.05, 0.1) is 6.54 Å². The van der Waals surface area contributed by atoms with E-state index in [1.807, 2.05) is 41.0 Å². The van der Waals surface area contributed by atoms with E-state index in [0.29, 0.717) is 42.7 Å². The molecule has 3 heterocycles. The van der Waals surface area contributed by atoms with Crippen LogP contribution in [0.1, 0.15) is 50.7 Å². The molecule has 0 saturated carbocycles. The minimum absolute atomic E-state index is 0.0506. The zero-order chi connectivity index (χ0) is 26.5. The van der Waals surface area contributed by atoms with Gasteiger partial charge in [-0.1, -0.05) is 74.5 Å². The van der Waals surface area contributed by atoms with Gasteiger partial charge in [-0.2, -0.15) is 9.97 Å². The fourth-order valence-electron chi connectivity index (χ4n) is 5.23. The summed E-state index contributed by atoms with van der Waals surface area (Å²) in [6.07, 6.45) is 3.96. The molecule has 1 unspecified atom stereocenters. The van der Waals surface area contributed by atoms with E-state index < -0.39 is 0 Å². The van der Waals surface area contributed by atoms with Crippen LogP contribution in [0.25, 0.3) is 11.2 Å². The van der Waals surface area contributed by atoms with Crippen molar-refractivity contribution < 1.29 is 0 Å². The van der Waals surface area contributed by atoms with Crippen molar-refractivity contribution in [3.63, 3.8) is 0 Å². The van der Waals surface area contributed by atoms with Crippen LogP contribution >= 0.6 is 0 Å². The molecule has 8 nitrogen and oxygen atoms in total. The lowest BCUT2D eigenvalue weighted by Gasteiger charge is -2.31. The zero-order valence-corrected chi connectivity index (χ0v) is 22.5. The van der Waals surface area contributed by atoms with Crippen LogP contribution in [-0.2, 0) is 19.6 Å². The molecule has 0 bridgehead atoms. The Bertz CT molecular complexity index is 1400. The molecule has 1 aliphatic rings. The first-order chi connectivity index (χ1) is 18.5. The van der Waals surface area contributed by atoms with Crippen LogP contribution in [0.15, 0.2) is 65.5 Å². The smallest absolute Gasteiger partial charge is 0.281 e. The van der Waals surface area contributed by atoms with Crippen LogP contribution in [0.4, 0.5) is 11.9 Å². The molecule has 5 rings (SSSR count). The fourth-order valence-corrected chi connectivity index (χ4v) is 5.23. The van der Waals surface area contributed by atoms with Gasteiger partial charge >= 0.3 is 0 Å². The Morgan fingerprint density at radius 2 is 1.71 bits per heavy atom. The average molecular weight is 514 g/mol. The van der Waals surface area contributed by atoms with Crippen molar-refractivity contribution in [2.45, 2.75) is 65.2 Å². The van der Waals surface area contributed by atoms with Crippen LogP contribution < -0.4 is 21.5 Å². The van der Waals surface area contributed by atoms with Gasteiger partial charge in [0.15, 0.2) is 11.2 Å². The van der Waals surface area contributed by atoms with Crippen molar-refractivity contribution in [1.29, 1.82) is 0 Å². The number of benzene rings is 2. The molecule has 0 aliphatic carbocycles. The highest BCUT2D eigenvalue weighted by Crippen LogP contribution is 2.25. The number of nitrogens with zero attached hydrogens (tertiary/aromatic N) is 5. The van der Waals surface area contributed by atoms with Crippen LogP contribution in [-0.4, -0.2) is 38.2 Å². The van der Waals surface area contributed by atoms with Crippen molar-refractivity contribution in [3.8, 4) is 0 Å². The summed E-state index contributed by atoms with van der Waals surface area (Å²) in [5, 5.41) is 3.43. The first-order valence-corrected chi connectivity index (χ1v) is 13.8. The molecule has 1 atom stereocenters. The summed E-state index contributed by atoms with van der Waals surface area (Å²) in [6, 6.07) is 20.5. The Morgan fingerprint density at radius 1 is 1.00 bits per heavy atom. The highest BCUT2D eigenvalue weighted by atomic mass is 16.1. The maximum absolute atomic E-state index is 14.2. The number of anilines is 2. The van der Waals surface area contributed by atoms with Crippen LogP contribution in [0.5, 0.6) is 0 Å². The molecular formula is C30H39N7O. The number of rotatable bonds is 10. The van der Waals surface area contributed by atoms with E-state index in [2.05, 4.69) is 52.9 Å². The molecule has 0 radical (unpaired) electrons. The highest BCUT2D eigenvalue weighted by molar-refractivity contribution is 5.76. The summed E-state index contributed by atoms with van der Waals surface area (Å²) in [7, 11) is 0. The lowest BCUT2D eigenvalue weighted by Crippen LogP contribution is -2.44. The van der Waals surface area contributed by atoms with Gasteiger partial charge in [-0.15, -0.1) is 0 Å². The number of piperidine rings is 1. The number of hydrogen-bond acceptors (Lipinski definition) is 6. The Hall–Kier alpha value is -3.65. The number of nitrogens with two attached hydrogens (primary N) is 1. The van der Waals surface area contributed by atoms with E-state index in [1.54, 1.807) is 0 Å².